The summed E-state index contributed by atoms with van der Waals surface area (Å²) in [6.45, 7) is 4.72. The van der Waals surface area contributed by atoms with Crippen LogP contribution in [0.1, 0.15) is 48.9 Å². The van der Waals surface area contributed by atoms with E-state index in [0.717, 1.165) is 25.7 Å². The summed E-state index contributed by atoms with van der Waals surface area (Å²) in [6, 6.07) is 49.0. The van der Waals surface area contributed by atoms with Crippen LogP contribution in [0, 0.1) is 0 Å². The summed E-state index contributed by atoms with van der Waals surface area (Å²) < 4.78 is 2.46. The Labute approximate surface area is 326 Å². The third-order valence-corrected chi connectivity index (χ3v) is 12.4. The van der Waals surface area contributed by atoms with Crippen molar-refractivity contribution < 1.29 is 4.58 Å². The number of hydrogen-bond acceptors (Lipinski definition) is 1. The van der Waals surface area contributed by atoms with Crippen LogP contribution in [0.15, 0.2) is 193 Å². The number of hydrogen-bond donors (Lipinski definition) is 0. The van der Waals surface area contributed by atoms with Crippen LogP contribution in [0.4, 0.5) is 11.4 Å². The van der Waals surface area contributed by atoms with E-state index in [1.165, 1.54) is 77.7 Å². The lowest BCUT2D eigenvalue weighted by Crippen LogP contribution is -2.39. The van der Waals surface area contributed by atoms with E-state index < -0.39 is 0 Å². The Morgan fingerprint density at radius 1 is 0.618 bits per heavy atom. The molecule has 1 aliphatic carbocycles. The third-order valence-electron chi connectivity index (χ3n) is 12.4. The zero-order chi connectivity index (χ0) is 37.6. The Morgan fingerprint density at radius 3 is 1.87 bits per heavy atom. The highest BCUT2D eigenvalue weighted by Gasteiger charge is 2.51. The van der Waals surface area contributed by atoms with E-state index in [9.17, 15) is 0 Å². The summed E-state index contributed by atoms with van der Waals surface area (Å²) in [6.07, 6.45) is 20.3. The molecule has 0 radical (unpaired) electrons. The number of likely N-dealkylation sites (N-methyl/N-ethyl adjacent to an activating group) is 1. The van der Waals surface area contributed by atoms with Crippen LogP contribution in [0.5, 0.6) is 0 Å². The molecule has 0 atom stereocenters. The van der Waals surface area contributed by atoms with Gasteiger partial charge in [0.05, 0.1) is 5.41 Å². The molecule has 2 aliphatic heterocycles. The van der Waals surface area contributed by atoms with Gasteiger partial charge in [-0.2, -0.15) is 4.58 Å². The molecule has 0 saturated carbocycles. The molecule has 3 aliphatic rings. The van der Waals surface area contributed by atoms with Gasteiger partial charge in [-0.25, -0.2) is 0 Å². The Bertz CT molecular complexity index is 2590. The van der Waals surface area contributed by atoms with Crippen molar-refractivity contribution in [1.82, 2.24) is 0 Å². The smallest absolute Gasteiger partial charge is 0.210 e. The standard InChI is InChI=1S/C53H49N2/c1-52(2)48(54(3)46-33-31-42-23-11-13-25-44(42)50(46)52)27-15-21-38-29-30-39(35-38)22-16-28-49-53(36-40-17-7-5-8-18-40,37-41-19-9-6-10-20-41)51-45-26-14-12-24-43(45)32-34-47(51)55(49)4/h5-28,31-35H,29-30,36-37H2,1-4H3/q+1. The van der Waals surface area contributed by atoms with Crippen LogP contribution in [0.2, 0.25) is 0 Å². The van der Waals surface area contributed by atoms with Crippen molar-refractivity contribution >= 4 is 38.6 Å². The van der Waals surface area contributed by atoms with Crippen molar-refractivity contribution in [3.05, 3.63) is 215 Å². The van der Waals surface area contributed by atoms with Crippen molar-refractivity contribution in [2.45, 2.75) is 50.4 Å². The first kappa shape index (κ1) is 34.8. The molecule has 6 aromatic carbocycles. The van der Waals surface area contributed by atoms with Crippen molar-refractivity contribution in [1.29, 1.82) is 0 Å². The van der Waals surface area contributed by atoms with Gasteiger partial charge < -0.3 is 4.90 Å². The molecule has 6 aromatic rings. The Morgan fingerprint density at radius 2 is 1.20 bits per heavy atom. The summed E-state index contributed by atoms with van der Waals surface area (Å²) in [7, 11) is 4.47. The van der Waals surface area contributed by atoms with Gasteiger partial charge in [0, 0.05) is 41.6 Å². The molecule has 55 heavy (non-hydrogen) atoms. The second-order valence-corrected chi connectivity index (χ2v) is 16.1. The predicted molar refractivity (Wildman–Crippen MR) is 234 cm³/mol. The Hall–Kier alpha value is -5.99. The van der Waals surface area contributed by atoms with Gasteiger partial charge in [0.2, 0.25) is 5.69 Å². The van der Waals surface area contributed by atoms with E-state index in [-0.39, 0.29) is 10.8 Å². The summed E-state index contributed by atoms with van der Waals surface area (Å²) in [4.78, 5) is 2.37. The SMILES string of the molecule is CN1/C(=C/C=C/C2=CC(=C/C=C/C3=[N+](C)c4ccc5ccccc5c4C3(Cc3ccccc3)Cc3ccccc3)/CC2)C(C)(C)c2c1ccc1ccccc21. The molecule has 0 amide bonds. The fourth-order valence-electron chi connectivity index (χ4n) is 9.86. The number of anilines is 1. The van der Waals surface area contributed by atoms with E-state index in [1.54, 1.807) is 0 Å². The van der Waals surface area contributed by atoms with E-state index in [0.29, 0.717) is 0 Å². The number of rotatable bonds is 8. The van der Waals surface area contributed by atoms with E-state index in [4.69, 9.17) is 0 Å². The molecule has 0 aromatic heterocycles. The average molecular weight is 714 g/mol. The lowest BCUT2D eigenvalue weighted by Gasteiger charge is -2.29. The molecule has 0 fully saturated rings. The molecule has 0 unspecified atom stereocenters. The summed E-state index contributed by atoms with van der Waals surface area (Å²) in [5.41, 5.74) is 13.3. The first-order valence-corrected chi connectivity index (χ1v) is 19.8. The highest BCUT2D eigenvalue weighted by molar-refractivity contribution is 6.08. The normalized spacial score (nSPS) is 18.8. The quantitative estimate of drug-likeness (QED) is 0.142. The molecule has 0 saturated heterocycles. The van der Waals surface area contributed by atoms with Crippen LogP contribution in [0.3, 0.4) is 0 Å². The van der Waals surface area contributed by atoms with Gasteiger partial charge >= 0.3 is 0 Å². The first-order valence-electron chi connectivity index (χ1n) is 19.8. The molecule has 270 valence electrons. The maximum absolute atomic E-state index is 2.46. The second kappa shape index (κ2) is 14.0. The van der Waals surface area contributed by atoms with Gasteiger partial charge in [-0.15, -0.1) is 0 Å². The number of allylic oxidation sites excluding steroid dienone is 10. The van der Waals surface area contributed by atoms with Crippen LogP contribution in [0.25, 0.3) is 21.5 Å². The maximum atomic E-state index is 2.46. The van der Waals surface area contributed by atoms with Crippen LogP contribution in [-0.4, -0.2) is 24.4 Å². The van der Waals surface area contributed by atoms with E-state index >= 15 is 0 Å². The largest absolute Gasteiger partial charge is 0.347 e. The molecule has 9 rings (SSSR count). The number of nitrogens with zero attached hydrogens (tertiary/aromatic N) is 2. The minimum atomic E-state index is -0.247. The van der Waals surface area contributed by atoms with Gasteiger partial charge in [0.1, 0.15) is 7.05 Å². The van der Waals surface area contributed by atoms with Gasteiger partial charge in [-0.1, -0.05) is 159 Å². The lowest BCUT2D eigenvalue weighted by molar-refractivity contribution is -0.401. The lowest BCUT2D eigenvalue weighted by atomic mass is 9.68. The molecule has 2 heteroatoms. The average Bonchev–Trinajstić information content (AvgIpc) is 3.81. The van der Waals surface area contributed by atoms with Gasteiger partial charge in [0.15, 0.2) is 5.71 Å². The Balaban J connectivity index is 1.04. The van der Waals surface area contributed by atoms with Crippen molar-refractivity contribution in [3.8, 4) is 0 Å². The molecular formula is C53H49N2+. The molecule has 0 N–H and O–H groups in total. The topological polar surface area (TPSA) is 6.25 Å². The minimum Gasteiger partial charge on any atom is -0.347 e. The van der Waals surface area contributed by atoms with Gasteiger partial charge in [-0.3, -0.25) is 0 Å². The molecule has 2 heterocycles. The number of fused-ring (bicyclic) bond motifs is 6. The second-order valence-electron chi connectivity index (χ2n) is 16.1. The zero-order valence-electron chi connectivity index (χ0n) is 32.5. The van der Waals surface area contributed by atoms with Crippen molar-refractivity contribution in [2.24, 2.45) is 0 Å². The fraction of sp³-hybridized carbons (Fsp3) is 0.189. The van der Waals surface area contributed by atoms with E-state index in [1.807, 2.05) is 0 Å². The number of benzene rings is 6. The summed E-state index contributed by atoms with van der Waals surface area (Å²) >= 11 is 0. The zero-order valence-corrected chi connectivity index (χ0v) is 32.5. The monoisotopic (exact) mass is 713 g/mol. The van der Waals surface area contributed by atoms with Crippen molar-refractivity contribution in [2.75, 3.05) is 19.0 Å². The third kappa shape index (κ3) is 6.11. The van der Waals surface area contributed by atoms with Crippen LogP contribution < -0.4 is 4.90 Å². The highest BCUT2D eigenvalue weighted by atomic mass is 15.2. The minimum absolute atomic E-state index is 0.0809. The maximum Gasteiger partial charge on any atom is 0.210 e. The molecule has 0 spiro atoms. The molecule has 2 nitrogen and oxygen atoms in total. The van der Waals surface area contributed by atoms with E-state index in [2.05, 4.69) is 213 Å². The first-order chi connectivity index (χ1) is 26.8. The summed E-state index contributed by atoms with van der Waals surface area (Å²) in [5, 5.41) is 5.29. The molecular weight excluding hydrogens is 665 g/mol. The van der Waals surface area contributed by atoms with Gasteiger partial charge in [0.25, 0.3) is 0 Å². The molecule has 0 bridgehead atoms. The van der Waals surface area contributed by atoms with Crippen LogP contribution in [-0.2, 0) is 23.7 Å². The van der Waals surface area contributed by atoms with Crippen molar-refractivity contribution in [3.63, 3.8) is 0 Å². The predicted octanol–water partition coefficient (Wildman–Crippen LogP) is 12.5. The highest BCUT2D eigenvalue weighted by Crippen LogP contribution is 2.50. The fourth-order valence-corrected chi connectivity index (χ4v) is 9.86. The Kier molecular flexibility index (Phi) is 8.86. The van der Waals surface area contributed by atoms with Crippen LogP contribution >= 0.6 is 0 Å². The van der Waals surface area contributed by atoms with Gasteiger partial charge in [-0.05, 0) is 93.3 Å². The summed E-state index contributed by atoms with van der Waals surface area (Å²) in [5.74, 6) is 0.